The molecule has 128 valence electrons. The van der Waals surface area contributed by atoms with Gasteiger partial charge in [-0.25, -0.2) is 0 Å². The molecule has 1 aliphatic rings. The van der Waals surface area contributed by atoms with Crippen molar-refractivity contribution in [3.05, 3.63) is 80.8 Å². The van der Waals surface area contributed by atoms with Crippen LogP contribution in [0.2, 0.25) is 10.0 Å². The summed E-state index contributed by atoms with van der Waals surface area (Å²) in [6.45, 7) is 4.21. The monoisotopic (exact) mass is 371 g/mol. The molecule has 1 heterocycles. The summed E-state index contributed by atoms with van der Waals surface area (Å²) in [5.41, 5.74) is 3.23. The first-order valence-electron chi connectivity index (χ1n) is 8.25. The van der Waals surface area contributed by atoms with Gasteiger partial charge in [-0.3, -0.25) is 9.69 Å². The molecule has 2 nitrogen and oxygen atoms in total. The third-order valence-corrected chi connectivity index (χ3v) is 4.98. The number of hydrogen-bond acceptors (Lipinski definition) is 2. The van der Waals surface area contributed by atoms with Gasteiger partial charge >= 0.3 is 0 Å². The minimum absolute atomic E-state index is 0.0598. The standard InChI is InChI=1S/C21H19Cl2NO/c1-2-24-13-17(11-15-7-3-5-9-19(15)22)21(25)18(14-24)12-16-8-4-6-10-20(16)23/h3-12H,2,13-14H2,1H3/b17-11+,18-12+. The second-order valence-corrected chi connectivity index (χ2v) is 6.83. The lowest BCUT2D eigenvalue weighted by Gasteiger charge is -2.28. The third-order valence-electron chi connectivity index (χ3n) is 4.29. The maximum atomic E-state index is 13.0. The number of carbonyl (C=O) groups is 1. The molecule has 4 heteroatoms. The van der Waals surface area contributed by atoms with E-state index in [1.165, 1.54) is 0 Å². The highest BCUT2D eigenvalue weighted by atomic mass is 35.5. The summed E-state index contributed by atoms with van der Waals surface area (Å²) in [4.78, 5) is 15.2. The van der Waals surface area contributed by atoms with Crippen LogP contribution in [0.15, 0.2) is 59.7 Å². The number of Topliss-reactive ketones (excluding diaryl/α,β-unsaturated/α-hetero) is 1. The lowest BCUT2D eigenvalue weighted by molar-refractivity contribution is -0.113. The van der Waals surface area contributed by atoms with E-state index in [1.807, 2.05) is 60.7 Å². The Labute approximate surface area is 158 Å². The highest BCUT2D eigenvalue weighted by Crippen LogP contribution is 2.26. The molecule has 0 bridgehead atoms. The van der Waals surface area contributed by atoms with Gasteiger partial charge < -0.3 is 0 Å². The number of rotatable bonds is 3. The maximum Gasteiger partial charge on any atom is 0.187 e. The predicted molar refractivity (Wildman–Crippen MR) is 106 cm³/mol. The van der Waals surface area contributed by atoms with Gasteiger partial charge in [-0.15, -0.1) is 0 Å². The number of likely N-dealkylation sites (tertiary alicyclic amines) is 1. The lowest BCUT2D eigenvalue weighted by atomic mass is 9.94. The molecule has 2 aromatic rings. The van der Waals surface area contributed by atoms with Crippen LogP contribution in [0.25, 0.3) is 12.2 Å². The molecule has 0 N–H and O–H groups in total. The molecule has 0 unspecified atom stereocenters. The van der Waals surface area contributed by atoms with Crippen molar-refractivity contribution in [2.75, 3.05) is 19.6 Å². The van der Waals surface area contributed by atoms with E-state index in [9.17, 15) is 4.79 Å². The zero-order chi connectivity index (χ0) is 17.8. The second kappa shape index (κ2) is 8.01. The normalized spacial score (nSPS) is 18.9. The first-order chi connectivity index (χ1) is 12.1. The summed E-state index contributed by atoms with van der Waals surface area (Å²) in [5.74, 6) is 0.0598. The van der Waals surface area contributed by atoms with Gasteiger partial charge in [0.25, 0.3) is 0 Å². The van der Waals surface area contributed by atoms with Crippen molar-refractivity contribution < 1.29 is 4.79 Å². The van der Waals surface area contributed by atoms with Crippen LogP contribution in [0.3, 0.4) is 0 Å². The largest absolute Gasteiger partial charge is 0.295 e. The fraction of sp³-hybridized carbons (Fsp3) is 0.190. The number of ketones is 1. The Morgan fingerprint density at radius 2 is 1.32 bits per heavy atom. The van der Waals surface area contributed by atoms with Crippen molar-refractivity contribution in [1.82, 2.24) is 4.90 Å². The minimum atomic E-state index is 0.0598. The van der Waals surface area contributed by atoms with Gasteiger partial charge in [-0.05, 0) is 42.0 Å². The predicted octanol–water partition coefficient (Wildman–Crippen LogP) is 5.37. The molecule has 0 aliphatic carbocycles. The topological polar surface area (TPSA) is 20.3 Å². The Hall–Kier alpha value is -1.87. The molecule has 1 saturated heterocycles. The van der Waals surface area contributed by atoms with Crippen molar-refractivity contribution >= 4 is 41.1 Å². The number of likely N-dealkylation sites (N-methyl/N-ethyl adjacent to an activating group) is 1. The zero-order valence-corrected chi connectivity index (χ0v) is 15.5. The van der Waals surface area contributed by atoms with E-state index in [2.05, 4.69) is 11.8 Å². The van der Waals surface area contributed by atoms with E-state index < -0.39 is 0 Å². The van der Waals surface area contributed by atoms with Crippen molar-refractivity contribution in [3.8, 4) is 0 Å². The van der Waals surface area contributed by atoms with E-state index >= 15 is 0 Å². The highest BCUT2D eigenvalue weighted by Gasteiger charge is 2.25. The van der Waals surface area contributed by atoms with Gasteiger partial charge in [0.05, 0.1) is 0 Å². The van der Waals surface area contributed by atoms with Crippen molar-refractivity contribution in [1.29, 1.82) is 0 Å². The first kappa shape index (κ1) is 17.9. The summed E-state index contributed by atoms with van der Waals surface area (Å²) < 4.78 is 0. The Morgan fingerprint density at radius 3 is 1.72 bits per heavy atom. The van der Waals surface area contributed by atoms with Crippen LogP contribution in [-0.2, 0) is 4.79 Å². The van der Waals surface area contributed by atoms with Crippen LogP contribution in [0.4, 0.5) is 0 Å². The Kier molecular flexibility index (Phi) is 5.74. The second-order valence-electron chi connectivity index (χ2n) is 6.01. The summed E-state index contributed by atoms with van der Waals surface area (Å²) in [6, 6.07) is 15.1. The van der Waals surface area contributed by atoms with E-state index in [0.29, 0.717) is 23.1 Å². The molecule has 1 fully saturated rings. The molecule has 0 amide bonds. The Morgan fingerprint density at radius 1 is 0.880 bits per heavy atom. The fourth-order valence-electron chi connectivity index (χ4n) is 2.89. The number of nitrogens with zero attached hydrogens (tertiary/aromatic N) is 1. The fourth-order valence-corrected chi connectivity index (χ4v) is 3.27. The molecule has 0 atom stereocenters. The number of carbonyl (C=O) groups excluding carboxylic acids is 1. The quantitative estimate of drug-likeness (QED) is 0.676. The van der Waals surface area contributed by atoms with Crippen molar-refractivity contribution in [3.63, 3.8) is 0 Å². The summed E-state index contributed by atoms with van der Waals surface area (Å²) >= 11 is 12.5. The SMILES string of the molecule is CCN1C/C(=C\c2ccccc2Cl)C(=O)/C(=C/c2ccccc2Cl)C1. The Bertz CT molecular complexity index is 787. The molecule has 0 saturated carbocycles. The van der Waals surface area contributed by atoms with E-state index in [1.54, 1.807) is 0 Å². The van der Waals surface area contributed by atoms with Gasteiger partial charge in [0, 0.05) is 34.3 Å². The molecule has 2 aromatic carbocycles. The van der Waals surface area contributed by atoms with Crippen LogP contribution in [0.1, 0.15) is 18.1 Å². The zero-order valence-electron chi connectivity index (χ0n) is 14.0. The van der Waals surface area contributed by atoms with Crippen LogP contribution in [0.5, 0.6) is 0 Å². The number of benzene rings is 2. The van der Waals surface area contributed by atoms with Crippen LogP contribution >= 0.6 is 23.2 Å². The highest BCUT2D eigenvalue weighted by molar-refractivity contribution is 6.33. The summed E-state index contributed by atoms with van der Waals surface area (Å²) in [5, 5.41) is 1.29. The van der Waals surface area contributed by atoms with Crippen LogP contribution in [0, 0.1) is 0 Å². The number of halogens is 2. The molecular formula is C21H19Cl2NO. The van der Waals surface area contributed by atoms with E-state index in [0.717, 1.165) is 28.8 Å². The van der Waals surface area contributed by atoms with Gasteiger partial charge in [0.1, 0.15) is 0 Å². The summed E-state index contributed by atoms with van der Waals surface area (Å²) in [7, 11) is 0. The molecule has 0 spiro atoms. The maximum absolute atomic E-state index is 13.0. The lowest BCUT2D eigenvalue weighted by Crippen LogP contribution is -2.37. The minimum Gasteiger partial charge on any atom is -0.295 e. The molecular weight excluding hydrogens is 353 g/mol. The number of hydrogen-bond donors (Lipinski definition) is 0. The smallest absolute Gasteiger partial charge is 0.187 e. The summed E-state index contributed by atoms with van der Waals surface area (Å²) in [6.07, 6.45) is 3.79. The van der Waals surface area contributed by atoms with Gasteiger partial charge in [-0.1, -0.05) is 66.5 Å². The molecule has 1 aliphatic heterocycles. The van der Waals surface area contributed by atoms with Crippen molar-refractivity contribution in [2.24, 2.45) is 0 Å². The van der Waals surface area contributed by atoms with Gasteiger partial charge in [0.15, 0.2) is 5.78 Å². The molecule has 25 heavy (non-hydrogen) atoms. The molecule has 0 radical (unpaired) electrons. The van der Waals surface area contributed by atoms with Crippen LogP contribution in [-0.4, -0.2) is 30.3 Å². The average molecular weight is 372 g/mol. The van der Waals surface area contributed by atoms with Gasteiger partial charge in [0.2, 0.25) is 0 Å². The van der Waals surface area contributed by atoms with E-state index in [4.69, 9.17) is 23.2 Å². The molecule has 3 rings (SSSR count). The van der Waals surface area contributed by atoms with Crippen molar-refractivity contribution in [2.45, 2.75) is 6.92 Å². The average Bonchev–Trinajstić information content (AvgIpc) is 2.62. The van der Waals surface area contributed by atoms with Gasteiger partial charge in [-0.2, -0.15) is 0 Å². The number of piperidine rings is 1. The van der Waals surface area contributed by atoms with Crippen LogP contribution < -0.4 is 0 Å². The molecule has 0 aromatic heterocycles. The first-order valence-corrected chi connectivity index (χ1v) is 9.01. The Balaban J connectivity index is 2.00. The van der Waals surface area contributed by atoms with E-state index in [-0.39, 0.29) is 5.78 Å². The third kappa shape index (κ3) is 4.21.